The van der Waals surface area contributed by atoms with Gasteiger partial charge in [0.15, 0.2) is 0 Å². The lowest BCUT2D eigenvalue weighted by Gasteiger charge is -2.22. The second-order valence-electron chi connectivity index (χ2n) is 4.05. The van der Waals surface area contributed by atoms with E-state index in [4.69, 9.17) is 4.74 Å². The van der Waals surface area contributed by atoms with E-state index in [1.54, 1.807) is 0 Å². The Balaban J connectivity index is 2.10. The highest BCUT2D eigenvalue weighted by Gasteiger charge is 2.19. The number of rotatable bonds is 1. The van der Waals surface area contributed by atoms with Crippen LogP contribution in [-0.2, 0) is 9.47 Å². The molecule has 1 aromatic rings. The molecule has 0 spiro atoms. The third-order valence-electron chi connectivity index (χ3n) is 2.59. The van der Waals surface area contributed by atoms with E-state index in [1.165, 1.54) is 19.2 Å². The molecule has 1 unspecified atom stereocenters. The first-order valence-electron chi connectivity index (χ1n) is 5.79. The number of benzene rings is 1. The summed E-state index contributed by atoms with van der Waals surface area (Å²) in [6.45, 7) is 0.352. The number of hydrazine groups is 1. The van der Waals surface area contributed by atoms with Crippen molar-refractivity contribution >= 4 is 11.9 Å². The highest BCUT2D eigenvalue weighted by atomic mass is 19.1. The number of nitrogens with one attached hydrogen (secondary N) is 2. The number of halogens is 2. The lowest BCUT2D eigenvalue weighted by Crippen LogP contribution is -2.45. The quantitative estimate of drug-likeness (QED) is 0.763. The van der Waals surface area contributed by atoms with Gasteiger partial charge in [0.1, 0.15) is 30.1 Å². The maximum absolute atomic E-state index is 13.2. The number of amides is 1. The number of aliphatic imine (C=N–C) groups is 1. The zero-order valence-corrected chi connectivity index (χ0v) is 10.7. The second-order valence-corrected chi connectivity index (χ2v) is 4.05. The average Bonchev–Trinajstić information content (AvgIpc) is 2.44. The molecule has 1 aromatic carbocycles. The van der Waals surface area contributed by atoms with Gasteiger partial charge in [0.25, 0.3) is 0 Å². The summed E-state index contributed by atoms with van der Waals surface area (Å²) in [4.78, 5) is 15.1. The zero-order valence-electron chi connectivity index (χ0n) is 10.7. The maximum Gasteiger partial charge on any atom is 0.425 e. The fraction of sp³-hybridized carbons (Fsp3) is 0.333. The Labute approximate surface area is 113 Å². The Hall–Kier alpha value is -2.22. The van der Waals surface area contributed by atoms with Crippen molar-refractivity contribution in [2.24, 2.45) is 4.99 Å². The van der Waals surface area contributed by atoms with E-state index in [1.807, 2.05) is 0 Å². The Bertz CT molecular complexity index is 516. The van der Waals surface area contributed by atoms with E-state index < -0.39 is 23.8 Å². The van der Waals surface area contributed by atoms with Crippen LogP contribution in [0.3, 0.4) is 0 Å². The van der Waals surface area contributed by atoms with Crippen molar-refractivity contribution in [3.63, 3.8) is 0 Å². The minimum atomic E-state index is -0.688. The number of hydrogen-bond donors (Lipinski definition) is 2. The Morgan fingerprint density at radius 2 is 2.10 bits per heavy atom. The fourth-order valence-electron chi connectivity index (χ4n) is 1.71. The lowest BCUT2D eigenvalue weighted by atomic mass is 10.1. The number of carbonyl (C=O) groups excluding carboxylic acids is 1. The van der Waals surface area contributed by atoms with Gasteiger partial charge in [-0.1, -0.05) is 0 Å². The highest BCUT2D eigenvalue weighted by Crippen LogP contribution is 2.22. The first kappa shape index (κ1) is 14.2. The van der Waals surface area contributed by atoms with Gasteiger partial charge in [0.2, 0.25) is 0 Å². The van der Waals surface area contributed by atoms with Crippen molar-refractivity contribution < 1.29 is 23.0 Å². The second kappa shape index (κ2) is 6.29. The first-order valence-corrected chi connectivity index (χ1v) is 5.79. The van der Waals surface area contributed by atoms with Crippen molar-refractivity contribution in [1.29, 1.82) is 0 Å². The molecule has 1 aliphatic heterocycles. The largest absolute Gasteiger partial charge is 0.452 e. The summed E-state index contributed by atoms with van der Waals surface area (Å²) >= 11 is 0. The van der Waals surface area contributed by atoms with Crippen LogP contribution in [-0.4, -0.2) is 32.3 Å². The van der Waals surface area contributed by atoms with Gasteiger partial charge in [-0.15, -0.1) is 0 Å². The molecule has 6 nitrogen and oxygen atoms in total. The molecule has 0 saturated carbocycles. The third-order valence-corrected chi connectivity index (χ3v) is 2.59. The molecule has 20 heavy (non-hydrogen) atoms. The van der Waals surface area contributed by atoms with Gasteiger partial charge in [0.05, 0.1) is 13.7 Å². The first-order chi connectivity index (χ1) is 9.58. The normalized spacial score (nSPS) is 18.1. The van der Waals surface area contributed by atoms with Gasteiger partial charge < -0.3 is 9.47 Å². The van der Waals surface area contributed by atoms with Gasteiger partial charge in [-0.05, 0) is 17.7 Å². The molecule has 0 aromatic heterocycles. The van der Waals surface area contributed by atoms with Crippen molar-refractivity contribution in [3.8, 4) is 0 Å². The number of carbonyl (C=O) groups is 1. The van der Waals surface area contributed by atoms with Gasteiger partial charge >= 0.3 is 6.09 Å². The summed E-state index contributed by atoms with van der Waals surface area (Å²) in [7, 11) is 1.22. The minimum Gasteiger partial charge on any atom is -0.452 e. The Morgan fingerprint density at radius 1 is 1.40 bits per heavy atom. The third kappa shape index (κ3) is 3.64. The molecule has 0 bridgehead atoms. The molecule has 1 atom stereocenters. The molecule has 2 rings (SSSR count). The molecule has 8 heteroatoms. The van der Waals surface area contributed by atoms with Gasteiger partial charge in [-0.2, -0.15) is 0 Å². The fourth-order valence-corrected chi connectivity index (χ4v) is 1.71. The molecule has 0 saturated heterocycles. The van der Waals surface area contributed by atoms with Crippen LogP contribution in [0.1, 0.15) is 11.6 Å². The molecule has 0 radical (unpaired) electrons. The van der Waals surface area contributed by atoms with Crippen molar-refractivity contribution in [2.75, 3.05) is 20.3 Å². The predicted molar refractivity (Wildman–Crippen MR) is 66.0 cm³/mol. The van der Waals surface area contributed by atoms with Crippen molar-refractivity contribution in [1.82, 2.24) is 10.9 Å². The molecule has 1 aliphatic rings. The topological polar surface area (TPSA) is 72.0 Å². The van der Waals surface area contributed by atoms with Crippen LogP contribution in [0.15, 0.2) is 23.2 Å². The molecule has 108 valence electrons. The monoisotopic (exact) mass is 285 g/mol. The number of hydrogen-bond acceptors (Lipinski definition) is 5. The molecule has 0 aliphatic carbocycles. The van der Waals surface area contributed by atoms with Crippen LogP contribution in [0.25, 0.3) is 0 Å². The summed E-state index contributed by atoms with van der Waals surface area (Å²) in [6, 6.07) is 2.62. The number of methoxy groups -OCH3 is 1. The van der Waals surface area contributed by atoms with E-state index in [0.717, 1.165) is 6.07 Å². The number of ether oxygens (including phenoxy) is 2. The predicted octanol–water partition coefficient (Wildman–Crippen LogP) is 1.30. The molecule has 2 N–H and O–H groups in total. The Kier molecular flexibility index (Phi) is 4.46. The highest BCUT2D eigenvalue weighted by molar-refractivity contribution is 5.85. The van der Waals surface area contributed by atoms with E-state index in [2.05, 4.69) is 20.6 Å². The van der Waals surface area contributed by atoms with Crippen LogP contribution in [0.4, 0.5) is 13.6 Å². The molecular weight excluding hydrogens is 272 g/mol. The van der Waals surface area contributed by atoms with Gasteiger partial charge in [0, 0.05) is 6.07 Å². The maximum atomic E-state index is 13.2. The SMILES string of the molecule is COC(=O)NNC1=NC(c2cc(F)cc(F)c2)COC1. The van der Waals surface area contributed by atoms with E-state index in [-0.39, 0.29) is 13.2 Å². The Morgan fingerprint density at radius 3 is 2.75 bits per heavy atom. The van der Waals surface area contributed by atoms with Crippen LogP contribution in [0.5, 0.6) is 0 Å². The lowest BCUT2D eigenvalue weighted by molar-refractivity contribution is 0.139. The number of nitrogens with zero attached hydrogens (tertiary/aromatic N) is 1. The van der Waals surface area contributed by atoms with Gasteiger partial charge in [-0.3, -0.25) is 10.4 Å². The summed E-state index contributed by atoms with van der Waals surface area (Å²) in [5.41, 5.74) is 5.10. The van der Waals surface area contributed by atoms with Crippen LogP contribution in [0.2, 0.25) is 0 Å². The molecule has 1 heterocycles. The summed E-state index contributed by atoms with van der Waals surface area (Å²) in [6.07, 6.45) is -0.688. The van der Waals surface area contributed by atoms with E-state index >= 15 is 0 Å². The van der Waals surface area contributed by atoms with Crippen LogP contribution in [0, 0.1) is 11.6 Å². The number of amidine groups is 1. The molecule has 1 amide bonds. The smallest absolute Gasteiger partial charge is 0.425 e. The summed E-state index contributed by atoms with van der Waals surface area (Å²) in [5.74, 6) is -1.03. The summed E-state index contributed by atoms with van der Waals surface area (Å²) in [5, 5.41) is 0. The van der Waals surface area contributed by atoms with E-state index in [0.29, 0.717) is 11.4 Å². The van der Waals surface area contributed by atoms with Crippen LogP contribution >= 0.6 is 0 Å². The molecule has 0 fully saturated rings. The van der Waals surface area contributed by atoms with E-state index in [9.17, 15) is 13.6 Å². The van der Waals surface area contributed by atoms with Gasteiger partial charge in [-0.25, -0.2) is 19.0 Å². The summed E-state index contributed by atoms with van der Waals surface area (Å²) < 4.78 is 36.0. The van der Waals surface area contributed by atoms with Crippen molar-refractivity contribution in [2.45, 2.75) is 6.04 Å². The van der Waals surface area contributed by atoms with Crippen molar-refractivity contribution in [3.05, 3.63) is 35.4 Å². The average molecular weight is 285 g/mol. The molecular formula is C12H13F2N3O3. The minimum absolute atomic E-state index is 0.151. The zero-order chi connectivity index (χ0) is 14.5. The van der Waals surface area contributed by atoms with Crippen LogP contribution < -0.4 is 10.9 Å². The standard InChI is InChI=1S/C12H13F2N3O3/c1-19-12(18)17-16-11-6-20-5-10(15-11)7-2-8(13)4-9(14)3-7/h2-4,10H,5-6H2,1H3,(H,15,16)(H,17,18).